The summed E-state index contributed by atoms with van der Waals surface area (Å²) >= 11 is 10.2. The lowest BCUT2D eigenvalue weighted by Crippen LogP contribution is -2.57. The Kier molecular flexibility index (Phi) is 8.20. The number of alkyl halides is 1. The van der Waals surface area contributed by atoms with Gasteiger partial charge in [0.05, 0.1) is 41.3 Å². The zero-order valence-electron chi connectivity index (χ0n) is 21.7. The number of carbonyl (C=O) groups excluding carboxylic acids is 3. The van der Waals surface area contributed by atoms with Crippen LogP contribution in [0.4, 0.5) is 5.69 Å². The highest BCUT2D eigenvalue weighted by Gasteiger charge is 2.77. The van der Waals surface area contributed by atoms with Gasteiger partial charge in [0.2, 0.25) is 5.91 Å². The molecule has 0 radical (unpaired) electrons. The number of benzene rings is 2. The molecular formula is C30H30BrClN2O6. The molecule has 3 heterocycles. The van der Waals surface area contributed by atoms with Gasteiger partial charge in [-0.05, 0) is 24.1 Å². The van der Waals surface area contributed by atoms with Crippen LogP contribution in [0.1, 0.15) is 18.0 Å². The van der Waals surface area contributed by atoms with Crippen LogP contribution in [0.25, 0.3) is 0 Å². The number of anilines is 1. The molecule has 7 atom stereocenters. The van der Waals surface area contributed by atoms with E-state index in [1.807, 2.05) is 6.07 Å². The summed E-state index contributed by atoms with van der Waals surface area (Å²) in [6, 6.07) is 13.9. The number of rotatable bonds is 10. The Bertz CT molecular complexity index is 1320. The van der Waals surface area contributed by atoms with Crippen molar-refractivity contribution < 1.29 is 29.0 Å². The molecule has 0 aliphatic carbocycles. The van der Waals surface area contributed by atoms with Gasteiger partial charge < -0.3 is 24.4 Å². The van der Waals surface area contributed by atoms with Gasteiger partial charge in [-0.15, -0.1) is 6.58 Å². The van der Waals surface area contributed by atoms with Crippen LogP contribution < -0.4 is 4.90 Å². The highest BCUT2D eigenvalue weighted by Crippen LogP contribution is 2.61. The molecule has 8 nitrogen and oxygen atoms in total. The second-order valence-electron chi connectivity index (χ2n) is 10.1. The largest absolute Gasteiger partial charge is 0.461 e. The Morgan fingerprint density at radius 1 is 1.20 bits per heavy atom. The van der Waals surface area contributed by atoms with Gasteiger partial charge in [-0.2, -0.15) is 0 Å². The van der Waals surface area contributed by atoms with Crippen LogP contribution >= 0.6 is 27.5 Å². The molecule has 210 valence electrons. The topological polar surface area (TPSA) is 96.4 Å². The number of fused-ring (bicyclic) bond motifs is 1. The number of ether oxygens (including phenoxy) is 2. The minimum absolute atomic E-state index is 0.0160. The van der Waals surface area contributed by atoms with Gasteiger partial charge in [0.15, 0.2) is 0 Å². The maximum atomic E-state index is 14.7. The minimum Gasteiger partial charge on any atom is -0.461 e. The monoisotopic (exact) mass is 628 g/mol. The minimum atomic E-state index is -1.34. The third-order valence-electron chi connectivity index (χ3n) is 7.99. The van der Waals surface area contributed by atoms with Crippen molar-refractivity contribution in [2.45, 2.75) is 35.0 Å². The van der Waals surface area contributed by atoms with Gasteiger partial charge in [0.25, 0.3) is 5.91 Å². The first-order valence-corrected chi connectivity index (χ1v) is 14.3. The number of esters is 1. The summed E-state index contributed by atoms with van der Waals surface area (Å²) in [4.78, 5) is 45.0. The maximum absolute atomic E-state index is 14.7. The first-order chi connectivity index (χ1) is 19.3. The van der Waals surface area contributed by atoms with Crippen LogP contribution in [0.3, 0.4) is 0 Å². The highest BCUT2D eigenvalue weighted by atomic mass is 79.9. The van der Waals surface area contributed by atoms with Crippen LogP contribution in [0, 0.1) is 11.8 Å². The SMILES string of the molecule is C=CCOC(=O)[C@H]1[C@@H]2OC3(CC2Br)C(C(=O)N(CC=C)c2ccccc2Cl)N([C@H](CO)c2ccccc2)C(=O)[C@H]13. The first-order valence-electron chi connectivity index (χ1n) is 13.0. The zero-order chi connectivity index (χ0) is 28.6. The second-order valence-corrected chi connectivity index (χ2v) is 11.7. The average Bonchev–Trinajstić information content (AvgIpc) is 3.55. The van der Waals surface area contributed by atoms with Crippen molar-refractivity contribution in [3.8, 4) is 0 Å². The van der Waals surface area contributed by atoms with E-state index in [-0.39, 0.29) is 18.0 Å². The number of likely N-dealkylation sites (tertiary alicyclic amines) is 1. The van der Waals surface area contributed by atoms with Gasteiger partial charge in [-0.1, -0.05) is 88.7 Å². The molecule has 3 unspecified atom stereocenters. The molecule has 0 saturated carbocycles. The predicted octanol–water partition coefficient (Wildman–Crippen LogP) is 4.07. The first kappa shape index (κ1) is 28.5. The van der Waals surface area contributed by atoms with Crippen LogP contribution in [-0.4, -0.2) is 70.1 Å². The number of nitrogens with zero attached hydrogens (tertiary/aromatic N) is 2. The van der Waals surface area contributed by atoms with Crippen LogP contribution in [0.15, 0.2) is 79.9 Å². The number of amides is 2. The highest BCUT2D eigenvalue weighted by molar-refractivity contribution is 9.09. The molecule has 2 aromatic carbocycles. The van der Waals surface area contributed by atoms with Crippen molar-refractivity contribution >= 4 is 51.0 Å². The lowest BCUT2D eigenvalue weighted by molar-refractivity contribution is -0.154. The molecule has 3 aliphatic rings. The number of hydrogen-bond donors (Lipinski definition) is 1. The molecule has 2 aromatic rings. The molecule has 10 heteroatoms. The summed E-state index contributed by atoms with van der Waals surface area (Å²) in [5, 5.41) is 11.0. The van der Waals surface area contributed by atoms with E-state index in [0.29, 0.717) is 22.7 Å². The molecule has 1 N–H and O–H groups in total. The van der Waals surface area contributed by atoms with E-state index in [2.05, 4.69) is 29.1 Å². The van der Waals surface area contributed by atoms with Gasteiger partial charge in [0, 0.05) is 11.4 Å². The third-order valence-corrected chi connectivity index (χ3v) is 9.16. The molecule has 2 amide bonds. The average molecular weight is 630 g/mol. The van der Waals surface area contributed by atoms with Gasteiger partial charge in [0.1, 0.15) is 18.2 Å². The van der Waals surface area contributed by atoms with Crippen LogP contribution in [0.2, 0.25) is 5.02 Å². The van der Waals surface area contributed by atoms with Crippen LogP contribution in [-0.2, 0) is 23.9 Å². The molecular weight excluding hydrogens is 600 g/mol. The number of aliphatic hydroxyl groups excluding tert-OH is 1. The summed E-state index contributed by atoms with van der Waals surface area (Å²) < 4.78 is 11.9. The van der Waals surface area contributed by atoms with Gasteiger partial charge in [-0.3, -0.25) is 14.4 Å². The van der Waals surface area contributed by atoms with E-state index in [1.165, 1.54) is 15.9 Å². The van der Waals surface area contributed by atoms with Crippen molar-refractivity contribution in [2.24, 2.45) is 11.8 Å². The maximum Gasteiger partial charge on any atom is 0.312 e. The predicted molar refractivity (Wildman–Crippen MR) is 154 cm³/mol. The molecule has 3 aliphatic heterocycles. The Balaban J connectivity index is 1.67. The van der Waals surface area contributed by atoms with E-state index in [0.717, 1.165) is 0 Å². The molecule has 1 spiro atoms. The number of carbonyl (C=O) groups is 3. The van der Waals surface area contributed by atoms with Gasteiger partial charge in [-0.25, -0.2) is 0 Å². The fourth-order valence-corrected chi connectivity index (χ4v) is 7.65. The van der Waals surface area contributed by atoms with Crippen molar-refractivity contribution in [1.82, 2.24) is 4.90 Å². The Labute approximate surface area is 246 Å². The normalized spacial score (nSPS) is 29.1. The van der Waals surface area contributed by atoms with Crippen molar-refractivity contribution in [2.75, 3.05) is 24.7 Å². The quantitative estimate of drug-likeness (QED) is 0.242. The van der Waals surface area contributed by atoms with E-state index >= 15 is 0 Å². The van der Waals surface area contributed by atoms with Crippen molar-refractivity contribution in [3.05, 3.63) is 90.5 Å². The van der Waals surface area contributed by atoms with E-state index in [4.69, 9.17) is 21.1 Å². The molecule has 5 rings (SSSR count). The Morgan fingerprint density at radius 3 is 2.55 bits per heavy atom. The summed E-state index contributed by atoms with van der Waals surface area (Å²) in [5.74, 6) is -3.39. The Morgan fingerprint density at radius 2 is 1.90 bits per heavy atom. The summed E-state index contributed by atoms with van der Waals surface area (Å²) in [6.45, 7) is 7.08. The smallest absolute Gasteiger partial charge is 0.312 e. The number of halogens is 2. The summed E-state index contributed by atoms with van der Waals surface area (Å²) in [5.41, 5.74) is -0.240. The van der Waals surface area contributed by atoms with Crippen molar-refractivity contribution in [3.63, 3.8) is 0 Å². The van der Waals surface area contributed by atoms with E-state index in [1.54, 1.807) is 54.6 Å². The van der Waals surface area contributed by atoms with Gasteiger partial charge >= 0.3 is 5.97 Å². The fourth-order valence-electron chi connectivity index (χ4n) is 6.47. The molecule has 3 saturated heterocycles. The third kappa shape index (κ3) is 4.49. The standard InChI is InChI=1S/C30H30BrClN2O6/c1-3-14-33(21-13-9-8-12-20(21)32)28(37)26-30-16-19(31)25(40-30)23(29(38)39-15-4-2)24(30)27(36)34(26)22(17-35)18-10-6-5-7-11-18/h3-13,19,22-26,35H,1-2,14-17H2/t19?,22-,23-,24+,25-,26?,30?/m1/s1. The number of aliphatic hydroxyl groups is 1. The number of para-hydroxylation sites is 1. The lowest BCUT2D eigenvalue weighted by Gasteiger charge is -2.39. The zero-order valence-corrected chi connectivity index (χ0v) is 24.0. The number of hydrogen-bond acceptors (Lipinski definition) is 6. The molecule has 3 fully saturated rings. The molecule has 40 heavy (non-hydrogen) atoms. The Hall–Kier alpha value is -2.98. The molecule has 0 aromatic heterocycles. The lowest BCUT2D eigenvalue weighted by atomic mass is 9.70. The van der Waals surface area contributed by atoms with Crippen molar-refractivity contribution in [1.29, 1.82) is 0 Å². The fraction of sp³-hybridized carbons (Fsp3) is 0.367. The summed E-state index contributed by atoms with van der Waals surface area (Å²) in [7, 11) is 0. The molecule has 2 bridgehead atoms. The van der Waals surface area contributed by atoms with Crippen LogP contribution in [0.5, 0.6) is 0 Å². The second kappa shape index (κ2) is 11.5. The van der Waals surface area contributed by atoms with E-state index in [9.17, 15) is 19.5 Å². The van der Waals surface area contributed by atoms with E-state index < -0.39 is 60.0 Å². The summed E-state index contributed by atoms with van der Waals surface area (Å²) in [6.07, 6.45) is 2.68.